The first kappa shape index (κ1) is 11.3. The highest BCUT2D eigenvalue weighted by molar-refractivity contribution is 5.60. The van der Waals surface area contributed by atoms with Crippen molar-refractivity contribution in [2.24, 2.45) is 0 Å². The lowest BCUT2D eigenvalue weighted by atomic mass is 10.2. The number of nitrogens with zero attached hydrogens (tertiary/aromatic N) is 4. The van der Waals surface area contributed by atoms with Crippen LogP contribution in [0.25, 0.3) is 11.4 Å². The van der Waals surface area contributed by atoms with E-state index in [0.717, 1.165) is 10.4 Å². The minimum Gasteiger partial charge on any atom is -0.493 e. The highest BCUT2D eigenvalue weighted by atomic mass is 16.5. The third-order valence-electron chi connectivity index (χ3n) is 2.22. The molecule has 7 nitrogen and oxygen atoms in total. The second kappa shape index (κ2) is 4.79. The summed E-state index contributed by atoms with van der Waals surface area (Å²) < 4.78 is 10.3. The summed E-state index contributed by atoms with van der Waals surface area (Å²) in [7, 11) is 3.12. The molecule has 1 aromatic carbocycles. The Kier molecular flexibility index (Phi) is 3.20. The van der Waals surface area contributed by atoms with Gasteiger partial charge in [0.15, 0.2) is 18.2 Å². The van der Waals surface area contributed by atoms with Crippen molar-refractivity contribution in [1.29, 1.82) is 0 Å². The van der Waals surface area contributed by atoms with Crippen molar-refractivity contribution >= 4 is 0 Å². The normalized spacial score (nSPS) is 10.3. The van der Waals surface area contributed by atoms with Crippen molar-refractivity contribution in [3.63, 3.8) is 0 Å². The predicted molar refractivity (Wildman–Crippen MR) is 58.6 cm³/mol. The Hall–Kier alpha value is -2.15. The van der Waals surface area contributed by atoms with Crippen molar-refractivity contribution in [3.8, 4) is 22.9 Å². The Balaban J connectivity index is 2.38. The zero-order chi connectivity index (χ0) is 12.3. The maximum Gasteiger partial charge on any atom is 0.205 e. The molecule has 0 atom stereocenters. The number of rotatable bonds is 4. The average molecular weight is 236 g/mol. The van der Waals surface area contributed by atoms with E-state index in [4.69, 9.17) is 14.6 Å². The quantitative estimate of drug-likeness (QED) is 0.822. The number of hydrogen-bond donors (Lipinski definition) is 1. The Morgan fingerprint density at radius 1 is 1.24 bits per heavy atom. The minimum atomic E-state index is -0.305. The molecule has 0 aliphatic carbocycles. The van der Waals surface area contributed by atoms with Crippen LogP contribution in [0.4, 0.5) is 0 Å². The second-order valence-electron chi connectivity index (χ2n) is 3.20. The van der Waals surface area contributed by atoms with Gasteiger partial charge in [0, 0.05) is 5.56 Å². The van der Waals surface area contributed by atoms with E-state index >= 15 is 0 Å². The number of tetrazole rings is 1. The molecule has 7 heteroatoms. The van der Waals surface area contributed by atoms with E-state index in [1.54, 1.807) is 32.4 Å². The van der Waals surface area contributed by atoms with Crippen LogP contribution in [-0.2, 0) is 6.73 Å². The summed E-state index contributed by atoms with van der Waals surface area (Å²) in [6, 6.07) is 5.30. The summed E-state index contributed by atoms with van der Waals surface area (Å²) in [4.78, 5) is 1.09. The van der Waals surface area contributed by atoms with Crippen molar-refractivity contribution in [2.45, 2.75) is 6.73 Å². The van der Waals surface area contributed by atoms with E-state index in [0.29, 0.717) is 17.3 Å². The summed E-state index contributed by atoms with van der Waals surface area (Å²) >= 11 is 0. The molecule has 1 N–H and O–H groups in total. The van der Waals surface area contributed by atoms with Gasteiger partial charge in [-0.15, -0.1) is 15.0 Å². The van der Waals surface area contributed by atoms with E-state index in [9.17, 15) is 0 Å². The van der Waals surface area contributed by atoms with Crippen molar-refractivity contribution < 1.29 is 14.6 Å². The molecule has 2 rings (SSSR count). The van der Waals surface area contributed by atoms with Crippen LogP contribution in [0.3, 0.4) is 0 Å². The maximum atomic E-state index is 8.83. The molecule has 0 saturated heterocycles. The van der Waals surface area contributed by atoms with Gasteiger partial charge in [0.05, 0.1) is 14.2 Å². The van der Waals surface area contributed by atoms with Crippen LogP contribution in [0.15, 0.2) is 18.2 Å². The lowest BCUT2D eigenvalue weighted by molar-refractivity contribution is 0.175. The molecular formula is C10H12N4O3. The Morgan fingerprint density at radius 3 is 2.59 bits per heavy atom. The van der Waals surface area contributed by atoms with Crippen LogP contribution in [0.1, 0.15) is 0 Å². The first-order chi connectivity index (χ1) is 8.28. The fourth-order valence-corrected chi connectivity index (χ4v) is 1.39. The number of ether oxygens (including phenoxy) is 2. The van der Waals surface area contributed by atoms with Crippen LogP contribution < -0.4 is 9.47 Å². The van der Waals surface area contributed by atoms with Crippen LogP contribution in [0.5, 0.6) is 11.5 Å². The average Bonchev–Trinajstić information content (AvgIpc) is 2.86. The van der Waals surface area contributed by atoms with Crippen molar-refractivity contribution in [1.82, 2.24) is 20.2 Å². The van der Waals surface area contributed by atoms with Gasteiger partial charge >= 0.3 is 0 Å². The zero-order valence-corrected chi connectivity index (χ0v) is 9.49. The summed E-state index contributed by atoms with van der Waals surface area (Å²) in [5, 5.41) is 20.3. The van der Waals surface area contributed by atoms with Crippen molar-refractivity contribution in [2.75, 3.05) is 14.2 Å². The van der Waals surface area contributed by atoms with Crippen LogP contribution in [-0.4, -0.2) is 39.5 Å². The number of aliphatic hydroxyl groups excluding tert-OH is 1. The van der Waals surface area contributed by atoms with Gasteiger partial charge in [-0.3, -0.25) is 0 Å². The molecule has 1 heterocycles. The molecule has 0 fully saturated rings. The fourth-order valence-electron chi connectivity index (χ4n) is 1.39. The van der Waals surface area contributed by atoms with E-state index in [2.05, 4.69) is 15.4 Å². The molecule has 0 bridgehead atoms. The Bertz CT molecular complexity index is 512. The first-order valence-electron chi connectivity index (χ1n) is 4.89. The lowest BCUT2D eigenvalue weighted by Crippen LogP contribution is -2.00. The highest BCUT2D eigenvalue weighted by Gasteiger charge is 2.10. The minimum absolute atomic E-state index is 0.305. The van der Waals surface area contributed by atoms with Crippen molar-refractivity contribution in [3.05, 3.63) is 18.2 Å². The molecule has 2 aromatic rings. The highest BCUT2D eigenvalue weighted by Crippen LogP contribution is 2.30. The van der Waals surface area contributed by atoms with E-state index < -0.39 is 0 Å². The van der Waals surface area contributed by atoms with Gasteiger partial charge in [0.25, 0.3) is 0 Å². The van der Waals surface area contributed by atoms with Gasteiger partial charge in [-0.1, -0.05) is 0 Å². The summed E-state index contributed by atoms with van der Waals surface area (Å²) in [6.07, 6.45) is 0. The lowest BCUT2D eigenvalue weighted by Gasteiger charge is -2.07. The summed E-state index contributed by atoms with van der Waals surface area (Å²) in [6.45, 7) is -0.305. The largest absolute Gasteiger partial charge is 0.493 e. The number of methoxy groups -OCH3 is 2. The predicted octanol–water partition coefficient (Wildman–Crippen LogP) is 0.307. The standard InChI is InChI=1S/C10H12N4O3/c1-16-8-4-3-7(5-9(8)17-2)10-11-13-14(6-15)12-10/h3-5,15H,6H2,1-2H3. The van der Waals surface area contributed by atoms with Gasteiger partial charge in [-0.05, 0) is 23.4 Å². The fraction of sp³-hybridized carbons (Fsp3) is 0.300. The van der Waals surface area contributed by atoms with Gasteiger partial charge < -0.3 is 14.6 Å². The molecular weight excluding hydrogens is 224 g/mol. The molecule has 17 heavy (non-hydrogen) atoms. The number of hydrogen-bond acceptors (Lipinski definition) is 6. The molecule has 1 aromatic heterocycles. The second-order valence-corrected chi connectivity index (χ2v) is 3.20. The van der Waals surface area contributed by atoms with E-state index in [1.165, 1.54) is 0 Å². The maximum absolute atomic E-state index is 8.83. The monoisotopic (exact) mass is 236 g/mol. The van der Waals surface area contributed by atoms with Gasteiger partial charge in [-0.2, -0.15) is 0 Å². The van der Waals surface area contributed by atoms with Crippen LogP contribution >= 0.6 is 0 Å². The molecule has 0 saturated carbocycles. The van der Waals surface area contributed by atoms with Crippen LogP contribution in [0.2, 0.25) is 0 Å². The third kappa shape index (κ3) is 2.18. The Morgan fingerprint density at radius 2 is 2.00 bits per heavy atom. The SMILES string of the molecule is COc1ccc(-c2nnn(CO)n2)cc1OC. The van der Waals surface area contributed by atoms with E-state index in [-0.39, 0.29) is 6.73 Å². The molecule has 0 aliphatic heterocycles. The van der Waals surface area contributed by atoms with Gasteiger partial charge in [0.2, 0.25) is 5.82 Å². The van der Waals surface area contributed by atoms with E-state index in [1.807, 2.05) is 0 Å². The molecule has 0 amide bonds. The third-order valence-corrected chi connectivity index (χ3v) is 2.22. The number of aromatic nitrogens is 4. The van der Waals surface area contributed by atoms with Gasteiger partial charge in [0.1, 0.15) is 0 Å². The first-order valence-corrected chi connectivity index (χ1v) is 4.89. The molecule has 0 spiro atoms. The Labute approximate surface area is 97.6 Å². The summed E-state index contributed by atoms with van der Waals surface area (Å²) in [5.41, 5.74) is 0.738. The molecule has 90 valence electrons. The molecule has 0 aliphatic rings. The topological polar surface area (TPSA) is 82.3 Å². The van der Waals surface area contributed by atoms with Crippen LogP contribution in [0, 0.1) is 0 Å². The number of aliphatic hydroxyl groups is 1. The molecule has 0 unspecified atom stereocenters. The number of benzene rings is 1. The smallest absolute Gasteiger partial charge is 0.205 e. The van der Waals surface area contributed by atoms with Gasteiger partial charge in [-0.25, -0.2) is 0 Å². The summed E-state index contributed by atoms with van der Waals surface area (Å²) in [5.74, 6) is 1.64. The molecule has 0 radical (unpaired) electrons. The zero-order valence-electron chi connectivity index (χ0n) is 9.49.